The highest BCUT2D eigenvalue weighted by atomic mass is 16.5. The van der Waals surface area contributed by atoms with Gasteiger partial charge in [0.15, 0.2) is 0 Å². The van der Waals surface area contributed by atoms with Crippen LogP contribution in [0.25, 0.3) is 0 Å². The molecule has 2 rings (SSSR count). The second kappa shape index (κ2) is 13.0. The molecule has 0 aromatic heterocycles. The van der Waals surface area contributed by atoms with Crippen molar-refractivity contribution in [2.75, 3.05) is 0 Å². The summed E-state index contributed by atoms with van der Waals surface area (Å²) in [5, 5.41) is 0. The predicted molar refractivity (Wildman–Crippen MR) is 131 cm³/mol. The summed E-state index contributed by atoms with van der Waals surface area (Å²) in [5.41, 5.74) is 4.97. The summed E-state index contributed by atoms with van der Waals surface area (Å²) in [4.78, 5) is 22.4. The predicted octanol–water partition coefficient (Wildman–Crippen LogP) is 6.74. The maximum atomic E-state index is 11.6. The van der Waals surface area contributed by atoms with Gasteiger partial charge >= 0.3 is 11.9 Å². The lowest BCUT2D eigenvalue weighted by Crippen LogP contribution is -2.24. The molecule has 176 valence electrons. The average Bonchev–Trinajstić information content (AvgIpc) is 2.73. The van der Waals surface area contributed by atoms with Gasteiger partial charge in [-0.15, -0.1) is 0 Å². The highest BCUT2D eigenvalue weighted by Gasteiger charge is 2.21. The van der Waals surface area contributed by atoms with Gasteiger partial charge in [0.2, 0.25) is 0 Å². The Kier molecular flexibility index (Phi) is 11.2. The largest absolute Gasteiger partial charge is 0.462 e. The fourth-order valence-electron chi connectivity index (χ4n) is 3.49. The van der Waals surface area contributed by atoms with E-state index >= 15 is 0 Å². The first-order chi connectivity index (χ1) is 15.0. The molecule has 4 atom stereocenters. The first-order valence-corrected chi connectivity index (χ1v) is 11.4. The number of esters is 2. The van der Waals surface area contributed by atoms with E-state index in [0.29, 0.717) is 0 Å². The van der Waals surface area contributed by atoms with Crippen molar-refractivity contribution in [2.24, 2.45) is 5.92 Å². The molecular formula is C28H40O4. The number of carbonyl (C=O) groups excluding carboxylic acids is 2. The van der Waals surface area contributed by atoms with Crippen LogP contribution in [0.5, 0.6) is 0 Å². The number of ether oxygens (including phenoxy) is 2. The molecule has 4 nitrogen and oxygen atoms in total. The van der Waals surface area contributed by atoms with Gasteiger partial charge in [-0.05, 0) is 49.9 Å². The summed E-state index contributed by atoms with van der Waals surface area (Å²) in [6, 6.07) is 16.4. The Morgan fingerprint density at radius 2 is 1.03 bits per heavy atom. The van der Waals surface area contributed by atoms with Gasteiger partial charge in [-0.25, -0.2) is 0 Å². The Morgan fingerprint density at radius 1 is 0.656 bits per heavy atom. The van der Waals surface area contributed by atoms with Gasteiger partial charge < -0.3 is 9.47 Å². The second-order valence-electron chi connectivity index (χ2n) is 8.90. The topological polar surface area (TPSA) is 52.6 Å². The van der Waals surface area contributed by atoms with E-state index in [-0.39, 0.29) is 41.9 Å². The first kappa shape index (κ1) is 27.4. The molecular weight excluding hydrogens is 400 g/mol. The molecule has 0 amide bonds. The van der Waals surface area contributed by atoms with E-state index in [4.69, 9.17) is 9.47 Å². The van der Waals surface area contributed by atoms with Crippen LogP contribution in [0.15, 0.2) is 48.5 Å². The van der Waals surface area contributed by atoms with E-state index in [2.05, 4.69) is 52.0 Å². The lowest BCUT2D eigenvalue weighted by atomic mass is 9.92. The Bertz CT molecular complexity index is 871. The number of aryl methyl sites for hydroxylation is 2. The van der Waals surface area contributed by atoms with Crippen molar-refractivity contribution in [2.45, 2.75) is 86.4 Å². The summed E-state index contributed by atoms with van der Waals surface area (Å²) >= 11 is 0. The third-order valence-electron chi connectivity index (χ3n) is 5.89. The van der Waals surface area contributed by atoms with Crippen LogP contribution >= 0.6 is 0 Å². The van der Waals surface area contributed by atoms with Crippen LogP contribution < -0.4 is 0 Å². The zero-order chi connectivity index (χ0) is 24.4. The molecule has 4 heteroatoms. The third-order valence-corrected chi connectivity index (χ3v) is 5.89. The van der Waals surface area contributed by atoms with Crippen molar-refractivity contribution >= 4 is 11.9 Å². The van der Waals surface area contributed by atoms with Crippen molar-refractivity contribution < 1.29 is 19.1 Å². The van der Waals surface area contributed by atoms with Gasteiger partial charge in [-0.2, -0.15) is 0 Å². The molecule has 2 aromatic rings. The zero-order valence-electron chi connectivity index (χ0n) is 21.1. The van der Waals surface area contributed by atoms with E-state index in [1.54, 1.807) is 0 Å². The summed E-state index contributed by atoms with van der Waals surface area (Å²) in [6.07, 6.45) is -0.172. The van der Waals surface area contributed by atoms with Crippen molar-refractivity contribution in [3.63, 3.8) is 0 Å². The van der Waals surface area contributed by atoms with Gasteiger partial charge in [0.05, 0.1) is 5.92 Å². The minimum absolute atomic E-state index is 0.0680. The molecule has 0 bridgehead atoms. The van der Waals surface area contributed by atoms with E-state index in [9.17, 15) is 9.59 Å². The fourth-order valence-corrected chi connectivity index (χ4v) is 3.49. The summed E-state index contributed by atoms with van der Waals surface area (Å²) in [6.45, 7) is 17.4. The lowest BCUT2D eigenvalue weighted by Gasteiger charge is -2.23. The van der Waals surface area contributed by atoms with Crippen molar-refractivity contribution in [1.29, 1.82) is 0 Å². The van der Waals surface area contributed by atoms with Crippen molar-refractivity contribution in [3.05, 3.63) is 70.8 Å². The van der Waals surface area contributed by atoms with E-state index in [1.165, 1.54) is 29.2 Å². The van der Waals surface area contributed by atoms with Crippen LogP contribution in [-0.4, -0.2) is 24.1 Å². The Morgan fingerprint density at radius 3 is 1.38 bits per heavy atom. The molecule has 32 heavy (non-hydrogen) atoms. The molecule has 0 heterocycles. The smallest absolute Gasteiger partial charge is 0.308 e. The summed E-state index contributed by atoms with van der Waals surface area (Å²) in [7, 11) is 0. The van der Waals surface area contributed by atoms with E-state index in [0.717, 1.165) is 0 Å². The molecule has 0 aliphatic rings. The van der Waals surface area contributed by atoms with Crippen molar-refractivity contribution in [1.82, 2.24) is 0 Å². The molecule has 0 aliphatic heterocycles. The standard InChI is InChI=1S/C15H22O2.C13H18O2/c1-10(2)15(16)17-13(5)12(4)14-9-7-6-8-11(14)3;1-9-7-5-6-8-13(9)10(2)11(3)15-12(4)14/h6-10,12-13H,1-5H3;5-8,10-11H,1-4H3/t12-,13+;10-,11+/m10/s1. The Labute approximate surface area is 194 Å². The first-order valence-electron chi connectivity index (χ1n) is 11.4. The number of benzene rings is 2. The van der Waals surface area contributed by atoms with Crippen LogP contribution in [0.4, 0.5) is 0 Å². The van der Waals surface area contributed by atoms with Crippen LogP contribution in [0.2, 0.25) is 0 Å². The highest BCUT2D eigenvalue weighted by Crippen LogP contribution is 2.25. The van der Waals surface area contributed by atoms with Gasteiger partial charge in [-0.3, -0.25) is 9.59 Å². The van der Waals surface area contributed by atoms with E-state index in [1.807, 2.05) is 52.0 Å². The molecule has 0 saturated carbocycles. The lowest BCUT2D eigenvalue weighted by molar-refractivity contribution is -0.153. The Hall–Kier alpha value is -2.62. The monoisotopic (exact) mass is 440 g/mol. The number of rotatable bonds is 7. The highest BCUT2D eigenvalue weighted by molar-refractivity contribution is 5.71. The average molecular weight is 441 g/mol. The SMILES string of the molecule is CC(=O)O[C@H](C)[C@H](C)c1ccccc1C.Cc1ccccc1[C@H](C)[C@H](C)OC(=O)C(C)C. The van der Waals surface area contributed by atoms with Crippen LogP contribution in [0.3, 0.4) is 0 Å². The van der Waals surface area contributed by atoms with Gasteiger partial charge in [0.25, 0.3) is 0 Å². The number of carbonyl (C=O) groups is 2. The summed E-state index contributed by atoms with van der Waals surface area (Å²) in [5.74, 6) is 0.0383. The normalized spacial score (nSPS) is 14.4. The second-order valence-corrected chi connectivity index (χ2v) is 8.90. The Balaban J connectivity index is 0.000000323. The molecule has 0 unspecified atom stereocenters. The molecule has 0 radical (unpaired) electrons. The van der Waals surface area contributed by atoms with E-state index < -0.39 is 0 Å². The summed E-state index contributed by atoms with van der Waals surface area (Å²) < 4.78 is 10.6. The van der Waals surface area contributed by atoms with Crippen LogP contribution in [0, 0.1) is 19.8 Å². The molecule has 0 saturated heterocycles. The van der Waals surface area contributed by atoms with Crippen molar-refractivity contribution in [3.8, 4) is 0 Å². The number of hydrogen-bond donors (Lipinski definition) is 0. The zero-order valence-corrected chi connectivity index (χ0v) is 21.1. The minimum atomic E-state index is -0.220. The van der Waals surface area contributed by atoms with Gasteiger partial charge in [0, 0.05) is 18.8 Å². The quantitative estimate of drug-likeness (QED) is 0.448. The molecule has 0 aliphatic carbocycles. The van der Waals surface area contributed by atoms with Gasteiger partial charge in [0.1, 0.15) is 12.2 Å². The molecule has 2 aromatic carbocycles. The fraction of sp³-hybridized carbons (Fsp3) is 0.500. The van der Waals surface area contributed by atoms with Gasteiger partial charge in [-0.1, -0.05) is 76.2 Å². The minimum Gasteiger partial charge on any atom is -0.462 e. The molecule has 0 spiro atoms. The molecule has 0 N–H and O–H groups in total. The maximum absolute atomic E-state index is 11.6. The maximum Gasteiger partial charge on any atom is 0.308 e. The molecule has 0 fully saturated rings. The third kappa shape index (κ3) is 8.49. The number of hydrogen-bond acceptors (Lipinski definition) is 4. The van der Waals surface area contributed by atoms with Crippen LogP contribution in [0.1, 0.15) is 82.6 Å². The van der Waals surface area contributed by atoms with Crippen LogP contribution in [-0.2, 0) is 19.1 Å².